The van der Waals surface area contributed by atoms with E-state index in [4.69, 9.17) is 19.3 Å². The fourth-order valence-corrected chi connectivity index (χ4v) is 8.95. The van der Waals surface area contributed by atoms with Gasteiger partial charge in [-0.1, -0.05) is 16.9 Å². The second-order valence-electron chi connectivity index (χ2n) is 9.11. The lowest BCUT2D eigenvalue weighted by Crippen LogP contribution is -2.56. The Hall–Kier alpha value is -2.07. The van der Waals surface area contributed by atoms with E-state index in [0.29, 0.717) is 5.75 Å². The van der Waals surface area contributed by atoms with Crippen LogP contribution in [-0.2, 0) is 36.3 Å². The van der Waals surface area contributed by atoms with Crippen molar-refractivity contribution in [3.8, 4) is 0 Å². The number of imidazole rings is 1. The average Bonchev–Trinajstić information content (AvgIpc) is 3.49. The number of rotatable bonds is 14. The van der Waals surface area contributed by atoms with Crippen LogP contribution in [0.15, 0.2) is 35.7 Å². The molecule has 2 aliphatic rings. The number of ether oxygens (including phenoxy) is 2. The molecule has 0 spiro atoms. The van der Waals surface area contributed by atoms with Crippen LogP contribution in [0.25, 0.3) is 0 Å². The minimum absolute atomic E-state index is 0.0764. The molecule has 1 saturated heterocycles. The number of phosphoric acid groups is 3. The zero-order valence-corrected chi connectivity index (χ0v) is 27.0. The van der Waals surface area contributed by atoms with Crippen molar-refractivity contribution in [3.05, 3.63) is 36.4 Å². The summed E-state index contributed by atoms with van der Waals surface area (Å²) in [5.41, 5.74) is -0.0764. The minimum atomic E-state index is -5.73. The molecule has 7 atom stereocenters. The Kier molecular flexibility index (Phi) is 11.8. The topological polar surface area (TPSA) is 299 Å². The zero-order chi connectivity index (χ0) is 33.0. The Bertz CT molecular complexity index is 1520. The maximum atomic E-state index is 12.6. The van der Waals surface area contributed by atoms with Gasteiger partial charge < -0.3 is 44.8 Å². The first-order chi connectivity index (χ1) is 21.0. The predicted octanol–water partition coefficient (Wildman–Crippen LogP) is 1.26. The number of alkyl carbamates (subject to hydrolysis) is 1. The highest BCUT2D eigenvalue weighted by Crippen LogP contribution is 2.66. The third kappa shape index (κ3) is 10.7. The Balaban J connectivity index is 1.29. The van der Waals surface area contributed by atoms with E-state index in [-0.39, 0.29) is 17.9 Å². The quantitative estimate of drug-likeness (QED) is 0.1000. The van der Waals surface area contributed by atoms with Crippen LogP contribution in [0.3, 0.4) is 0 Å². The fraction of sp³-hybridized carbons (Fsp3) is 0.474. The van der Waals surface area contributed by atoms with Gasteiger partial charge in [0.1, 0.15) is 29.3 Å². The highest BCUT2D eigenvalue weighted by atomic mass is 33.1. The summed E-state index contributed by atoms with van der Waals surface area (Å²) >= 11 is 0. The Morgan fingerprint density at radius 2 is 1.93 bits per heavy atom. The lowest BCUT2D eigenvalue weighted by molar-refractivity contribution is -0.0429. The van der Waals surface area contributed by atoms with Gasteiger partial charge in [0.2, 0.25) is 0 Å². The van der Waals surface area contributed by atoms with Gasteiger partial charge in [0.15, 0.2) is 12.0 Å². The summed E-state index contributed by atoms with van der Waals surface area (Å²) in [7, 11) is -13.9. The van der Waals surface area contributed by atoms with Gasteiger partial charge in [0.05, 0.1) is 19.0 Å². The molecule has 0 saturated carbocycles. The van der Waals surface area contributed by atoms with E-state index in [0.717, 1.165) is 5.03 Å². The molecule has 0 aromatic carbocycles. The van der Waals surface area contributed by atoms with E-state index in [2.05, 4.69) is 39.1 Å². The molecule has 4 heterocycles. The number of aliphatic hydroxyl groups excluding tert-OH is 1. The lowest BCUT2D eigenvalue weighted by atomic mass is 10.2. The number of carbonyl (C=O) groups is 2. The number of carbonyl (C=O) groups excluding carboxylic acids is 2. The summed E-state index contributed by atoms with van der Waals surface area (Å²) < 4.78 is 58.4. The number of aliphatic hydroxyl groups is 1. The number of anilines is 1. The summed E-state index contributed by atoms with van der Waals surface area (Å²) in [6.07, 6.45) is -3.43. The molecular formula is C19H27N6O15P3S2. The number of nitrogens with zero attached hydrogens (tertiary/aromatic N) is 3. The SMILES string of the molecule is CC(CSSc1ccccn1)OC(=O)NC1NC(=O)c2ncn(C3CC(O)C(COP(=O)(O)OP(=O)(O)OP(=O)(O)O)O3)c2N1. The number of phosphoric ester groups is 1. The third-order valence-electron chi connectivity index (χ3n) is 5.55. The lowest BCUT2D eigenvalue weighted by Gasteiger charge is -2.28. The van der Waals surface area contributed by atoms with Crippen molar-refractivity contribution in [2.24, 2.45) is 0 Å². The molecule has 0 bridgehead atoms. The van der Waals surface area contributed by atoms with Gasteiger partial charge in [0, 0.05) is 18.4 Å². The van der Waals surface area contributed by atoms with Crippen molar-refractivity contribution in [2.75, 3.05) is 17.7 Å². The first-order valence-corrected chi connectivity index (χ1v) is 19.3. The smallest absolute Gasteiger partial charge is 0.446 e. The van der Waals surface area contributed by atoms with Gasteiger partial charge in [-0.25, -0.2) is 28.5 Å². The van der Waals surface area contributed by atoms with E-state index in [1.165, 1.54) is 32.5 Å². The second-order valence-corrected chi connectivity index (χ2v) is 15.9. The largest absolute Gasteiger partial charge is 0.490 e. The van der Waals surface area contributed by atoms with Crippen LogP contribution in [0, 0.1) is 0 Å². The van der Waals surface area contributed by atoms with Crippen LogP contribution in [0.1, 0.15) is 30.1 Å². The van der Waals surface area contributed by atoms with Crippen molar-refractivity contribution in [1.29, 1.82) is 0 Å². The molecule has 4 rings (SSSR count). The third-order valence-corrected chi connectivity index (χ3v) is 11.8. The molecule has 1 fully saturated rings. The number of fused-ring (bicyclic) bond motifs is 1. The highest BCUT2D eigenvalue weighted by Gasteiger charge is 2.43. The van der Waals surface area contributed by atoms with Crippen molar-refractivity contribution >= 4 is 62.9 Å². The number of amides is 2. The van der Waals surface area contributed by atoms with Crippen LogP contribution in [0.4, 0.5) is 10.6 Å². The van der Waals surface area contributed by atoms with Crippen molar-refractivity contribution in [1.82, 2.24) is 25.2 Å². The summed E-state index contributed by atoms with van der Waals surface area (Å²) in [6, 6.07) is 5.49. The highest BCUT2D eigenvalue weighted by molar-refractivity contribution is 8.76. The summed E-state index contributed by atoms with van der Waals surface area (Å²) in [5.74, 6) is -0.128. The molecule has 0 radical (unpaired) electrons. The van der Waals surface area contributed by atoms with E-state index in [9.17, 15) is 38.2 Å². The van der Waals surface area contributed by atoms with Gasteiger partial charge in [-0.15, -0.1) is 0 Å². The zero-order valence-electron chi connectivity index (χ0n) is 22.7. The molecule has 8 N–H and O–H groups in total. The Labute approximate surface area is 261 Å². The number of pyridine rings is 1. The molecule has 0 aliphatic carbocycles. The first kappa shape index (κ1) is 35.8. The molecule has 45 heavy (non-hydrogen) atoms. The molecule has 2 aromatic heterocycles. The molecule has 7 unspecified atom stereocenters. The monoisotopic (exact) mass is 736 g/mol. The Morgan fingerprint density at radius 3 is 2.62 bits per heavy atom. The maximum Gasteiger partial charge on any atom is 0.490 e. The average molecular weight is 737 g/mol. The molecule has 26 heteroatoms. The molecular weight excluding hydrogens is 709 g/mol. The summed E-state index contributed by atoms with van der Waals surface area (Å²) in [6.45, 7) is 0.799. The fourth-order valence-electron chi connectivity index (χ4n) is 3.79. The van der Waals surface area contributed by atoms with Crippen molar-refractivity contribution < 1.29 is 70.6 Å². The molecule has 2 amide bonds. The summed E-state index contributed by atoms with van der Waals surface area (Å²) in [5, 5.41) is 19.0. The summed E-state index contributed by atoms with van der Waals surface area (Å²) in [4.78, 5) is 69.4. The van der Waals surface area contributed by atoms with E-state index < -0.39 is 72.9 Å². The Morgan fingerprint density at radius 1 is 1.18 bits per heavy atom. The predicted molar refractivity (Wildman–Crippen MR) is 153 cm³/mol. The number of hydrogen-bond acceptors (Lipinski definition) is 16. The number of aromatic nitrogens is 3. The van der Waals surface area contributed by atoms with Crippen molar-refractivity contribution in [2.45, 2.75) is 49.2 Å². The number of nitrogens with one attached hydrogen (secondary N) is 3. The van der Waals surface area contributed by atoms with Gasteiger partial charge >= 0.3 is 29.6 Å². The van der Waals surface area contributed by atoms with Gasteiger partial charge in [-0.05, 0) is 29.9 Å². The normalized spacial score (nSPS) is 24.8. The van der Waals surface area contributed by atoms with E-state index in [1.54, 1.807) is 19.2 Å². The molecule has 2 aromatic rings. The first-order valence-electron chi connectivity index (χ1n) is 12.4. The second kappa shape index (κ2) is 14.8. The maximum absolute atomic E-state index is 12.6. The molecule has 2 aliphatic heterocycles. The standard InChI is InChI=1S/C19H27N6O15P3S2/c1-10(8-44-45-13-4-2-3-5-20-13)37-19(28)24-18-22-16-15(17(27)23-18)21-9-25(16)14-6-11(26)12(38-14)7-36-42(32,33)40-43(34,35)39-41(29,30)31/h2-5,9-12,14,18,22,26H,6-8H2,1H3,(H,23,27)(H,24,28)(H,32,33)(H,34,35)(H2,29,30,31). The van der Waals surface area contributed by atoms with E-state index in [1.807, 2.05) is 12.1 Å². The van der Waals surface area contributed by atoms with Crippen LogP contribution in [0.5, 0.6) is 0 Å². The molecule has 21 nitrogen and oxygen atoms in total. The van der Waals surface area contributed by atoms with Gasteiger partial charge in [-0.3, -0.25) is 19.2 Å². The van der Waals surface area contributed by atoms with Gasteiger partial charge in [0.25, 0.3) is 5.91 Å². The van der Waals surface area contributed by atoms with Crippen molar-refractivity contribution in [3.63, 3.8) is 0 Å². The van der Waals surface area contributed by atoms with Crippen LogP contribution < -0.4 is 16.0 Å². The van der Waals surface area contributed by atoms with Gasteiger partial charge in [-0.2, -0.15) is 8.62 Å². The van der Waals surface area contributed by atoms with Crippen LogP contribution in [-0.4, -0.2) is 88.2 Å². The molecule has 250 valence electrons. The van der Waals surface area contributed by atoms with E-state index >= 15 is 0 Å². The van der Waals surface area contributed by atoms with Crippen LogP contribution >= 0.6 is 45.1 Å². The number of hydrogen-bond donors (Lipinski definition) is 8. The van der Waals surface area contributed by atoms with Crippen LogP contribution in [0.2, 0.25) is 0 Å². The minimum Gasteiger partial charge on any atom is -0.446 e.